The quantitative estimate of drug-likeness (QED) is 0.832. The number of phenols is 1. The fourth-order valence-corrected chi connectivity index (χ4v) is 1.46. The highest BCUT2D eigenvalue weighted by molar-refractivity contribution is 5.99. The summed E-state index contributed by atoms with van der Waals surface area (Å²) in [5, 5.41) is 11.8. The molecule has 0 heterocycles. The van der Waals surface area contributed by atoms with E-state index in [4.69, 9.17) is 4.74 Å². The van der Waals surface area contributed by atoms with E-state index in [9.17, 15) is 19.1 Å². The van der Waals surface area contributed by atoms with E-state index in [-0.39, 0.29) is 0 Å². The fourth-order valence-electron chi connectivity index (χ4n) is 1.46. The average Bonchev–Trinajstić information content (AvgIpc) is 2.26. The van der Waals surface area contributed by atoms with Crippen molar-refractivity contribution in [3.8, 4) is 5.75 Å². The highest BCUT2D eigenvalue weighted by Crippen LogP contribution is 2.19. The Kier molecular flexibility index (Phi) is 4.70. The van der Waals surface area contributed by atoms with Crippen molar-refractivity contribution >= 4 is 11.9 Å². The van der Waals surface area contributed by atoms with Gasteiger partial charge in [-0.3, -0.25) is 4.79 Å². The molecule has 0 spiro atoms. The van der Waals surface area contributed by atoms with Gasteiger partial charge in [0.15, 0.2) is 0 Å². The van der Waals surface area contributed by atoms with E-state index >= 15 is 0 Å². The third-order valence-corrected chi connectivity index (χ3v) is 2.33. The lowest BCUT2D eigenvalue weighted by Crippen LogP contribution is -2.42. The first-order valence-corrected chi connectivity index (χ1v) is 6.13. The Morgan fingerprint density at radius 3 is 2.45 bits per heavy atom. The van der Waals surface area contributed by atoms with E-state index in [1.54, 1.807) is 20.8 Å². The van der Waals surface area contributed by atoms with Crippen molar-refractivity contribution in [2.75, 3.05) is 0 Å². The molecular formula is C14H18FNO4. The maximum Gasteiger partial charge on any atom is 0.328 e. The molecule has 6 heteroatoms. The zero-order chi connectivity index (χ0) is 15.5. The number of rotatable bonds is 3. The van der Waals surface area contributed by atoms with Crippen molar-refractivity contribution in [3.05, 3.63) is 29.6 Å². The molecule has 0 saturated heterocycles. The Morgan fingerprint density at radius 1 is 1.35 bits per heavy atom. The molecule has 1 aromatic rings. The van der Waals surface area contributed by atoms with E-state index in [1.807, 2.05) is 0 Å². The molecule has 110 valence electrons. The normalized spacial score (nSPS) is 12.7. The Morgan fingerprint density at radius 2 is 1.95 bits per heavy atom. The Bertz CT molecular complexity index is 502. The van der Waals surface area contributed by atoms with Gasteiger partial charge >= 0.3 is 5.97 Å². The van der Waals surface area contributed by atoms with Gasteiger partial charge in [0.1, 0.15) is 28.8 Å². The number of hydrogen-bond donors (Lipinski definition) is 2. The summed E-state index contributed by atoms with van der Waals surface area (Å²) in [4.78, 5) is 23.6. The standard InChI is InChI=1S/C14H18FNO4/c1-8(13(19)20-14(2,3)4)16-12(18)11-9(15)6-5-7-10(11)17/h5-8,17H,1-4H3,(H,16,18)/t8-/m1/s1. The summed E-state index contributed by atoms with van der Waals surface area (Å²) < 4.78 is 18.6. The van der Waals surface area contributed by atoms with Crippen LogP contribution in [0.25, 0.3) is 0 Å². The van der Waals surface area contributed by atoms with Crippen LogP contribution in [0, 0.1) is 5.82 Å². The number of carbonyl (C=O) groups is 2. The van der Waals surface area contributed by atoms with Crippen LogP contribution >= 0.6 is 0 Å². The largest absolute Gasteiger partial charge is 0.507 e. The number of carbonyl (C=O) groups excluding carboxylic acids is 2. The minimum absolute atomic E-state index is 0.487. The molecule has 0 fully saturated rings. The molecule has 0 bridgehead atoms. The Hall–Kier alpha value is -2.11. The molecule has 0 radical (unpaired) electrons. The first kappa shape index (κ1) is 15.9. The van der Waals surface area contributed by atoms with Crippen LogP contribution in [0.15, 0.2) is 18.2 Å². The molecule has 0 aromatic heterocycles. The summed E-state index contributed by atoms with van der Waals surface area (Å²) in [7, 11) is 0. The minimum atomic E-state index is -0.958. The van der Waals surface area contributed by atoms with Crippen molar-refractivity contribution in [1.29, 1.82) is 0 Å². The molecule has 0 unspecified atom stereocenters. The van der Waals surface area contributed by atoms with Gasteiger partial charge in [-0.05, 0) is 39.8 Å². The summed E-state index contributed by atoms with van der Waals surface area (Å²) in [6.07, 6.45) is 0. The summed E-state index contributed by atoms with van der Waals surface area (Å²) in [5.41, 5.74) is -1.18. The Labute approximate surface area is 116 Å². The molecule has 0 aliphatic heterocycles. The maximum absolute atomic E-state index is 13.5. The molecule has 0 aliphatic rings. The van der Waals surface area contributed by atoms with Crippen molar-refractivity contribution in [3.63, 3.8) is 0 Å². The fraction of sp³-hybridized carbons (Fsp3) is 0.429. The van der Waals surface area contributed by atoms with Gasteiger partial charge in [-0.2, -0.15) is 0 Å². The number of hydrogen-bond acceptors (Lipinski definition) is 4. The van der Waals surface area contributed by atoms with Gasteiger partial charge in [-0.15, -0.1) is 0 Å². The van der Waals surface area contributed by atoms with E-state index in [0.29, 0.717) is 0 Å². The smallest absolute Gasteiger partial charge is 0.328 e. The van der Waals surface area contributed by atoms with Gasteiger partial charge in [0, 0.05) is 0 Å². The molecule has 0 saturated carbocycles. The molecule has 1 amide bonds. The Balaban J connectivity index is 2.78. The third-order valence-electron chi connectivity index (χ3n) is 2.33. The van der Waals surface area contributed by atoms with Crippen molar-refractivity contribution in [1.82, 2.24) is 5.32 Å². The van der Waals surface area contributed by atoms with Gasteiger partial charge in [0.05, 0.1) is 0 Å². The van der Waals surface area contributed by atoms with Crippen LogP contribution in [0.4, 0.5) is 4.39 Å². The van der Waals surface area contributed by atoms with Gasteiger partial charge in [-0.25, -0.2) is 9.18 Å². The maximum atomic E-state index is 13.5. The summed E-state index contributed by atoms with van der Waals surface area (Å²) in [5.74, 6) is -2.86. The third kappa shape index (κ3) is 4.22. The lowest BCUT2D eigenvalue weighted by Gasteiger charge is -2.22. The molecule has 0 aliphatic carbocycles. The van der Waals surface area contributed by atoms with E-state index < -0.39 is 40.6 Å². The molecule has 5 nitrogen and oxygen atoms in total. The van der Waals surface area contributed by atoms with E-state index in [2.05, 4.69) is 5.32 Å². The number of aromatic hydroxyl groups is 1. The van der Waals surface area contributed by atoms with E-state index in [1.165, 1.54) is 19.1 Å². The zero-order valence-corrected chi connectivity index (χ0v) is 11.9. The van der Waals surface area contributed by atoms with Crippen molar-refractivity contribution < 1.29 is 23.8 Å². The minimum Gasteiger partial charge on any atom is -0.507 e. The second-order valence-corrected chi connectivity index (χ2v) is 5.36. The summed E-state index contributed by atoms with van der Waals surface area (Å²) in [6, 6.07) is 2.56. The molecule has 1 rings (SSSR count). The van der Waals surface area contributed by atoms with Crippen molar-refractivity contribution in [2.24, 2.45) is 0 Å². The second-order valence-electron chi connectivity index (χ2n) is 5.36. The SMILES string of the molecule is C[C@@H](NC(=O)c1c(O)cccc1F)C(=O)OC(C)(C)C. The van der Waals surface area contributed by atoms with E-state index in [0.717, 1.165) is 6.07 Å². The second kappa shape index (κ2) is 5.90. The predicted octanol–water partition coefficient (Wildman–Crippen LogP) is 1.99. The van der Waals surface area contributed by atoms with Gasteiger partial charge in [-0.1, -0.05) is 6.07 Å². The number of benzene rings is 1. The van der Waals surface area contributed by atoms with Crippen LogP contribution < -0.4 is 5.32 Å². The number of phenolic OH excluding ortho intramolecular Hbond substituents is 1. The van der Waals surface area contributed by atoms with Crippen LogP contribution in [0.5, 0.6) is 5.75 Å². The lowest BCUT2D eigenvalue weighted by atomic mass is 10.1. The number of ether oxygens (including phenoxy) is 1. The predicted molar refractivity (Wildman–Crippen MR) is 70.8 cm³/mol. The van der Waals surface area contributed by atoms with Crippen LogP contribution in [0.1, 0.15) is 38.1 Å². The van der Waals surface area contributed by atoms with Crippen LogP contribution in [0.2, 0.25) is 0 Å². The molecule has 1 atom stereocenters. The monoisotopic (exact) mass is 283 g/mol. The first-order chi connectivity index (χ1) is 9.11. The van der Waals surface area contributed by atoms with Crippen LogP contribution in [-0.4, -0.2) is 28.6 Å². The highest BCUT2D eigenvalue weighted by Gasteiger charge is 2.25. The zero-order valence-electron chi connectivity index (χ0n) is 11.9. The molecule has 2 N–H and O–H groups in total. The number of nitrogens with one attached hydrogen (secondary N) is 1. The molecular weight excluding hydrogens is 265 g/mol. The van der Waals surface area contributed by atoms with Gasteiger partial charge < -0.3 is 15.2 Å². The first-order valence-electron chi connectivity index (χ1n) is 6.13. The number of amides is 1. The lowest BCUT2D eigenvalue weighted by molar-refractivity contribution is -0.156. The number of halogens is 1. The summed E-state index contributed by atoms with van der Waals surface area (Å²) >= 11 is 0. The number of esters is 1. The van der Waals surface area contributed by atoms with Gasteiger partial charge in [0.2, 0.25) is 0 Å². The van der Waals surface area contributed by atoms with Crippen LogP contribution in [0.3, 0.4) is 0 Å². The van der Waals surface area contributed by atoms with Crippen LogP contribution in [-0.2, 0) is 9.53 Å². The summed E-state index contributed by atoms with van der Waals surface area (Å²) in [6.45, 7) is 6.51. The van der Waals surface area contributed by atoms with Crippen molar-refractivity contribution in [2.45, 2.75) is 39.3 Å². The molecule has 20 heavy (non-hydrogen) atoms. The van der Waals surface area contributed by atoms with Gasteiger partial charge in [0.25, 0.3) is 5.91 Å². The molecule has 1 aromatic carbocycles. The highest BCUT2D eigenvalue weighted by atomic mass is 19.1. The average molecular weight is 283 g/mol. The topological polar surface area (TPSA) is 75.6 Å².